The molecule has 0 unspecified atom stereocenters. The van der Waals surface area contributed by atoms with E-state index < -0.39 is 0 Å². The summed E-state index contributed by atoms with van der Waals surface area (Å²) in [4.78, 5) is 0. The van der Waals surface area contributed by atoms with Gasteiger partial charge in [0.15, 0.2) is 0 Å². The van der Waals surface area contributed by atoms with Crippen LogP contribution in [0.25, 0.3) is 0 Å². The quantitative estimate of drug-likeness (QED) is 0.337. The lowest BCUT2D eigenvalue weighted by Crippen LogP contribution is -2.53. The van der Waals surface area contributed by atoms with Crippen molar-refractivity contribution in [1.29, 1.82) is 0 Å². The van der Waals surface area contributed by atoms with Crippen LogP contribution in [0, 0.1) is 0 Å². The van der Waals surface area contributed by atoms with E-state index in [1.165, 1.54) is 57.8 Å². The van der Waals surface area contributed by atoms with E-state index in [2.05, 4.69) is 0 Å². The predicted octanol–water partition coefficient (Wildman–Crippen LogP) is 5.45. The molecule has 33 heavy (non-hydrogen) atoms. The van der Waals surface area contributed by atoms with E-state index in [1.807, 2.05) is 0 Å². The second-order valence-corrected chi connectivity index (χ2v) is 10.3. The maximum Gasteiger partial charge on any atom is 0.115 e. The molecule has 0 N–H and O–H groups in total. The molecule has 4 atom stereocenters. The fraction of sp³-hybridized carbons (Fsp3) is 1.00. The molecule has 0 aromatic rings. The van der Waals surface area contributed by atoms with Gasteiger partial charge in [-0.05, 0) is 38.5 Å². The van der Waals surface area contributed by atoms with Crippen molar-refractivity contribution >= 4 is 0 Å². The third-order valence-electron chi connectivity index (χ3n) is 7.93. The van der Waals surface area contributed by atoms with Gasteiger partial charge in [0, 0.05) is 21.3 Å². The molecule has 0 aromatic carbocycles. The van der Waals surface area contributed by atoms with Gasteiger partial charge in [-0.2, -0.15) is 0 Å². The zero-order chi connectivity index (χ0) is 23.3. The molecular formula is C27H50O6. The molecule has 0 radical (unpaired) electrons. The second-order valence-electron chi connectivity index (χ2n) is 10.3. The average Bonchev–Trinajstić information content (AvgIpc) is 2.88. The van der Waals surface area contributed by atoms with Crippen molar-refractivity contribution in [2.45, 2.75) is 139 Å². The molecule has 3 rings (SSSR count). The molecule has 0 aromatic heterocycles. The summed E-state index contributed by atoms with van der Waals surface area (Å²) >= 11 is 0. The largest absolute Gasteiger partial charge is 0.376 e. The maximum absolute atomic E-state index is 6.75. The first-order valence-electron chi connectivity index (χ1n) is 13.7. The first kappa shape index (κ1) is 27.3. The Morgan fingerprint density at radius 2 is 0.879 bits per heavy atom. The molecule has 194 valence electrons. The Bertz CT molecular complexity index is 485. The molecule has 0 heterocycles. The standard InChI is InChI=1S/C27H50O6/c1-28-24(19-31-21-13-7-4-8-14-21)26(30-3)27(33-23-17-11-6-12-18-23)25(29-2)20-32-22-15-9-5-10-16-22/h21-27H,4-20H2,1-3H3/t24-,25+,26-,27-/m1/s1. The first-order valence-corrected chi connectivity index (χ1v) is 13.7. The smallest absolute Gasteiger partial charge is 0.115 e. The molecule has 3 aliphatic rings. The zero-order valence-electron chi connectivity index (χ0n) is 21.5. The highest BCUT2D eigenvalue weighted by atomic mass is 16.6. The summed E-state index contributed by atoms with van der Waals surface area (Å²) in [5, 5.41) is 0. The minimum Gasteiger partial charge on any atom is -0.376 e. The highest BCUT2D eigenvalue weighted by Gasteiger charge is 2.39. The van der Waals surface area contributed by atoms with Gasteiger partial charge in [0.05, 0.1) is 31.5 Å². The van der Waals surface area contributed by atoms with Crippen LogP contribution in [-0.4, -0.2) is 77.3 Å². The molecule has 0 amide bonds. The Morgan fingerprint density at radius 3 is 1.27 bits per heavy atom. The summed E-state index contributed by atoms with van der Waals surface area (Å²) < 4.78 is 37.4. The van der Waals surface area contributed by atoms with Crippen LogP contribution in [0.4, 0.5) is 0 Å². The molecule has 0 spiro atoms. The Morgan fingerprint density at radius 1 is 0.485 bits per heavy atom. The lowest BCUT2D eigenvalue weighted by molar-refractivity contribution is -0.202. The summed E-state index contributed by atoms with van der Waals surface area (Å²) in [5.74, 6) is 0. The number of methoxy groups -OCH3 is 3. The van der Waals surface area contributed by atoms with Crippen molar-refractivity contribution < 1.29 is 28.4 Å². The van der Waals surface area contributed by atoms with Gasteiger partial charge in [0.2, 0.25) is 0 Å². The van der Waals surface area contributed by atoms with Gasteiger partial charge in [0.25, 0.3) is 0 Å². The first-order chi connectivity index (χ1) is 16.2. The molecule has 0 aliphatic heterocycles. The summed E-state index contributed by atoms with van der Waals surface area (Å²) in [6.45, 7) is 1.04. The fourth-order valence-corrected chi connectivity index (χ4v) is 5.82. The minimum absolute atomic E-state index is 0.203. The monoisotopic (exact) mass is 470 g/mol. The molecule has 3 aliphatic carbocycles. The lowest BCUT2D eigenvalue weighted by Gasteiger charge is -2.39. The molecule has 3 saturated carbocycles. The molecule has 0 saturated heterocycles. The highest BCUT2D eigenvalue weighted by Crippen LogP contribution is 2.28. The Balaban J connectivity index is 1.65. The van der Waals surface area contributed by atoms with Crippen LogP contribution in [0.2, 0.25) is 0 Å². The zero-order valence-corrected chi connectivity index (χ0v) is 21.5. The van der Waals surface area contributed by atoms with Crippen LogP contribution in [0.5, 0.6) is 0 Å². The van der Waals surface area contributed by atoms with Crippen molar-refractivity contribution in [3.05, 3.63) is 0 Å². The third-order valence-corrected chi connectivity index (χ3v) is 7.93. The van der Waals surface area contributed by atoms with E-state index in [4.69, 9.17) is 28.4 Å². The summed E-state index contributed by atoms with van der Waals surface area (Å²) in [7, 11) is 5.27. The summed E-state index contributed by atoms with van der Waals surface area (Å²) in [6.07, 6.45) is 18.2. The van der Waals surface area contributed by atoms with Crippen molar-refractivity contribution in [2.24, 2.45) is 0 Å². The van der Waals surface area contributed by atoms with E-state index in [1.54, 1.807) is 21.3 Å². The van der Waals surface area contributed by atoms with Gasteiger partial charge in [-0.15, -0.1) is 0 Å². The molecule has 6 heteroatoms. The predicted molar refractivity (Wildman–Crippen MR) is 130 cm³/mol. The number of hydrogen-bond acceptors (Lipinski definition) is 6. The Labute approximate surface area is 202 Å². The molecule has 0 bridgehead atoms. The van der Waals surface area contributed by atoms with Gasteiger partial charge in [-0.3, -0.25) is 0 Å². The highest BCUT2D eigenvalue weighted by molar-refractivity contribution is 4.88. The topological polar surface area (TPSA) is 55.4 Å². The van der Waals surface area contributed by atoms with Gasteiger partial charge in [-0.1, -0.05) is 57.8 Å². The second kappa shape index (κ2) is 15.7. The van der Waals surface area contributed by atoms with E-state index in [0.29, 0.717) is 25.4 Å². The van der Waals surface area contributed by atoms with Gasteiger partial charge in [0.1, 0.15) is 24.4 Å². The third kappa shape index (κ3) is 9.05. The van der Waals surface area contributed by atoms with Gasteiger partial charge < -0.3 is 28.4 Å². The normalized spacial score (nSPS) is 25.5. The van der Waals surface area contributed by atoms with Crippen LogP contribution in [0.15, 0.2) is 0 Å². The van der Waals surface area contributed by atoms with Crippen molar-refractivity contribution in [3.8, 4) is 0 Å². The van der Waals surface area contributed by atoms with E-state index in [-0.39, 0.29) is 30.5 Å². The fourth-order valence-electron chi connectivity index (χ4n) is 5.82. The van der Waals surface area contributed by atoms with Crippen LogP contribution >= 0.6 is 0 Å². The van der Waals surface area contributed by atoms with Crippen LogP contribution in [0.3, 0.4) is 0 Å². The van der Waals surface area contributed by atoms with E-state index in [9.17, 15) is 0 Å². The number of hydrogen-bond donors (Lipinski definition) is 0. The SMILES string of the molecule is CO[C@@H]([C@H](OC1CCCCC1)[C@H](COC1CCCCC1)OC)[C@@H](COC1CCCCC1)OC. The molecule has 6 nitrogen and oxygen atoms in total. The maximum atomic E-state index is 6.75. The van der Waals surface area contributed by atoms with E-state index in [0.717, 1.165) is 38.5 Å². The summed E-state index contributed by atoms with van der Waals surface area (Å²) in [6, 6.07) is 0. The van der Waals surface area contributed by atoms with Gasteiger partial charge in [-0.25, -0.2) is 0 Å². The summed E-state index contributed by atoms with van der Waals surface area (Å²) in [5.41, 5.74) is 0. The van der Waals surface area contributed by atoms with Gasteiger partial charge >= 0.3 is 0 Å². The Kier molecular flexibility index (Phi) is 13.0. The van der Waals surface area contributed by atoms with Crippen LogP contribution in [-0.2, 0) is 28.4 Å². The minimum atomic E-state index is -0.277. The number of ether oxygens (including phenoxy) is 6. The Hall–Kier alpha value is -0.240. The molecular weight excluding hydrogens is 420 g/mol. The van der Waals surface area contributed by atoms with E-state index >= 15 is 0 Å². The van der Waals surface area contributed by atoms with Crippen molar-refractivity contribution in [1.82, 2.24) is 0 Å². The van der Waals surface area contributed by atoms with Crippen molar-refractivity contribution in [2.75, 3.05) is 34.5 Å². The molecule has 3 fully saturated rings. The van der Waals surface area contributed by atoms with Crippen LogP contribution in [0.1, 0.15) is 96.3 Å². The van der Waals surface area contributed by atoms with Crippen molar-refractivity contribution in [3.63, 3.8) is 0 Å². The number of rotatable bonds is 14. The average molecular weight is 471 g/mol. The van der Waals surface area contributed by atoms with Crippen LogP contribution < -0.4 is 0 Å². The lowest BCUT2D eigenvalue weighted by atomic mass is 9.95.